The van der Waals surface area contributed by atoms with Gasteiger partial charge in [0.25, 0.3) is 5.91 Å². The van der Waals surface area contributed by atoms with E-state index in [0.717, 1.165) is 80.4 Å². The lowest BCUT2D eigenvalue weighted by molar-refractivity contribution is 0.0809. The van der Waals surface area contributed by atoms with Crippen molar-refractivity contribution in [2.24, 2.45) is 0 Å². The second kappa shape index (κ2) is 10.8. The maximum atomic E-state index is 13.6. The molecule has 0 radical (unpaired) electrons. The molecule has 11 heteroatoms. The Morgan fingerprint density at radius 1 is 0.886 bits per heavy atom. The normalized spacial score (nSPS) is 23.5. The van der Waals surface area contributed by atoms with E-state index in [-0.39, 0.29) is 5.69 Å². The highest BCUT2D eigenvalue weighted by Crippen LogP contribution is 2.44. The molecule has 4 heterocycles. The maximum absolute atomic E-state index is 13.6. The summed E-state index contributed by atoms with van der Waals surface area (Å²) in [6, 6.07) is 13.1. The standard InChI is InChI=1S/C33H43N7O3S/c1-33(14-15-33)44(42,43)36-32(41)27-22-28(39-16-12-25(13-17-39)38-20-18-37(19-21-38)24-10-11-24)29-30(23-6-5-7-23)35-40(31(29)34-27)26-8-3-2-4-9-26/h2-4,8-9,22-25H,5-7,10-21H2,1H3,(H,36,41). The van der Waals surface area contributed by atoms with E-state index in [4.69, 9.17) is 10.1 Å². The molecule has 0 unspecified atom stereocenters. The average Bonchev–Trinajstić information content (AvgIpc) is 3.95. The van der Waals surface area contributed by atoms with Crippen LogP contribution in [0.25, 0.3) is 16.7 Å². The minimum atomic E-state index is -3.80. The van der Waals surface area contributed by atoms with Crippen molar-refractivity contribution in [3.8, 4) is 5.69 Å². The monoisotopic (exact) mass is 617 g/mol. The second-order valence-corrected chi connectivity index (χ2v) is 16.1. The number of carbonyl (C=O) groups is 1. The molecule has 2 saturated heterocycles. The zero-order chi connectivity index (χ0) is 30.1. The molecule has 5 fully saturated rings. The van der Waals surface area contributed by atoms with Crippen LogP contribution in [0.1, 0.15) is 86.8 Å². The van der Waals surface area contributed by atoms with Crippen molar-refractivity contribution in [3.05, 3.63) is 47.8 Å². The molecular formula is C33H43N7O3S. The van der Waals surface area contributed by atoms with Crippen molar-refractivity contribution >= 4 is 32.7 Å². The Morgan fingerprint density at radius 2 is 1.52 bits per heavy atom. The molecule has 0 bridgehead atoms. The lowest BCUT2D eigenvalue weighted by atomic mass is 9.82. The molecule has 10 nitrogen and oxygen atoms in total. The van der Waals surface area contributed by atoms with Gasteiger partial charge in [0.1, 0.15) is 5.69 Å². The molecule has 2 aromatic heterocycles. The third-order valence-electron chi connectivity index (χ3n) is 10.9. The third kappa shape index (κ3) is 5.10. The Labute approximate surface area is 259 Å². The molecule has 1 aromatic carbocycles. The summed E-state index contributed by atoms with van der Waals surface area (Å²) in [4.78, 5) is 26.2. The molecular weight excluding hydrogens is 574 g/mol. The number of nitrogens with zero attached hydrogens (tertiary/aromatic N) is 6. The highest BCUT2D eigenvalue weighted by atomic mass is 32.2. The fraction of sp³-hybridized carbons (Fsp3) is 0.606. The molecule has 1 N–H and O–H groups in total. The van der Waals surface area contributed by atoms with Gasteiger partial charge in [0.2, 0.25) is 10.0 Å². The first kappa shape index (κ1) is 28.5. The summed E-state index contributed by atoms with van der Waals surface area (Å²) in [5.41, 5.74) is 3.61. The van der Waals surface area contributed by atoms with Crippen LogP contribution in [-0.4, -0.2) is 95.0 Å². The van der Waals surface area contributed by atoms with Crippen LogP contribution in [0.2, 0.25) is 0 Å². The number of anilines is 1. The molecule has 2 aliphatic heterocycles. The fourth-order valence-corrected chi connectivity index (χ4v) is 8.56. The lowest BCUT2D eigenvalue weighted by Crippen LogP contribution is -2.53. The van der Waals surface area contributed by atoms with Crippen LogP contribution in [0.15, 0.2) is 36.4 Å². The van der Waals surface area contributed by atoms with Crippen LogP contribution in [0, 0.1) is 0 Å². The highest BCUT2D eigenvalue weighted by molar-refractivity contribution is 7.91. The zero-order valence-corrected chi connectivity index (χ0v) is 26.4. The molecule has 1 amide bonds. The summed E-state index contributed by atoms with van der Waals surface area (Å²) < 4.78 is 29.4. The number of sulfonamides is 1. The first-order valence-electron chi connectivity index (χ1n) is 16.6. The van der Waals surface area contributed by atoms with Crippen LogP contribution in [-0.2, 0) is 10.0 Å². The van der Waals surface area contributed by atoms with Gasteiger partial charge in [-0.3, -0.25) is 14.6 Å². The summed E-state index contributed by atoms with van der Waals surface area (Å²) >= 11 is 0. The Kier molecular flexibility index (Phi) is 6.99. The van der Waals surface area contributed by atoms with Gasteiger partial charge < -0.3 is 4.90 Å². The van der Waals surface area contributed by atoms with Gasteiger partial charge in [-0.15, -0.1) is 0 Å². The number of piperidine rings is 1. The van der Waals surface area contributed by atoms with Gasteiger partial charge in [0.15, 0.2) is 5.65 Å². The predicted molar refractivity (Wildman–Crippen MR) is 171 cm³/mol. The molecule has 0 atom stereocenters. The maximum Gasteiger partial charge on any atom is 0.283 e. The number of para-hydroxylation sites is 1. The number of nitrogens with one attached hydrogen (secondary N) is 1. The minimum absolute atomic E-state index is 0.121. The Morgan fingerprint density at radius 3 is 2.09 bits per heavy atom. The van der Waals surface area contributed by atoms with E-state index in [0.29, 0.717) is 30.4 Å². The largest absolute Gasteiger partial charge is 0.371 e. The van der Waals surface area contributed by atoms with E-state index in [1.165, 1.54) is 32.4 Å². The fourth-order valence-electron chi connectivity index (χ4n) is 7.33. The predicted octanol–water partition coefficient (Wildman–Crippen LogP) is 4.05. The van der Waals surface area contributed by atoms with Crippen LogP contribution < -0.4 is 9.62 Å². The number of rotatable bonds is 8. The van der Waals surface area contributed by atoms with Crippen LogP contribution in [0.4, 0.5) is 5.69 Å². The van der Waals surface area contributed by atoms with Crippen LogP contribution in [0.3, 0.4) is 0 Å². The quantitative estimate of drug-likeness (QED) is 0.404. The van der Waals surface area contributed by atoms with Crippen molar-refractivity contribution in [3.63, 3.8) is 0 Å². The number of amides is 1. The first-order chi connectivity index (χ1) is 21.3. The topological polar surface area (TPSA) is 104 Å². The molecule has 234 valence electrons. The van der Waals surface area contributed by atoms with E-state index in [2.05, 4.69) is 19.4 Å². The number of carbonyl (C=O) groups excluding carboxylic acids is 1. The molecule has 0 spiro atoms. The van der Waals surface area contributed by atoms with Crippen molar-refractivity contribution in [2.45, 2.75) is 87.5 Å². The van der Waals surface area contributed by atoms with Gasteiger partial charge in [0.05, 0.1) is 27.2 Å². The van der Waals surface area contributed by atoms with Gasteiger partial charge in [-0.25, -0.2) is 22.8 Å². The first-order valence-corrected chi connectivity index (χ1v) is 18.1. The number of hydrogen-bond donors (Lipinski definition) is 1. The van der Waals surface area contributed by atoms with Crippen molar-refractivity contribution < 1.29 is 13.2 Å². The number of piperazine rings is 1. The van der Waals surface area contributed by atoms with E-state index in [9.17, 15) is 13.2 Å². The summed E-state index contributed by atoms with van der Waals surface area (Å²) in [6.07, 6.45) is 9.35. The zero-order valence-electron chi connectivity index (χ0n) is 25.6. The van der Waals surface area contributed by atoms with Gasteiger partial charge in [-0.1, -0.05) is 24.6 Å². The Bertz CT molecular complexity index is 1660. The number of aromatic nitrogens is 3. The number of hydrogen-bond acceptors (Lipinski definition) is 8. The highest BCUT2D eigenvalue weighted by Gasteiger charge is 2.51. The lowest BCUT2D eigenvalue weighted by Gasteiger charge is -2.43. The van der Waals surface area contributed by atoms with Gasteiger partial charge >= 0.3 is 0 Å². The summed E-state index contributed by atoms with van der Waals surface area (Å²) in [7, 11) is -3.80. The number of pyridine rings is 1. The smallest absolute Gasteiger partial charge is 0.283 e. The van der Waals surface area contributed by atoms with Crippen molar-refractivity contribution in [1.29, 1.82) is 0 Å². The Hall–Kier alpha value is -3.02. The van der Waals surface area contributed by atoms with E-state index in [1.54, 1.807) is 6.92 Å². The number of fused-ring (bicyclic) bond motifs is 1. The molecule has 3 aromatic rings. The molecule has 44 heavy (non-hydrogen) atoms. The van der Waals surface area contributed by atoms with Crippen LogP contribution in [0.5, 0.6) is 0 Å². The minimum Gasteiger partial charge on any atom is -0.371 e. The number of benzene rings is 1. The van der Waals surface area contributed by atoms with Gasteiger partial charge in [-0.2, -0.15) is 5.10 Å². The van der Waals surface area contributed by atoms with E-state index < -0.39 is 20.7 Å². The summed E-state index contributed by atoms with van der Waals surface area (Å²) in [5.74, 6) is -0.311. The van der Waals surface area contributed by atoms with E-state index in [1.807, 2.05) is 41.1 Å². The van der Waals surface area contributed by atoms with Gasteiger partial charge in [-0.05, 0) is 76.5 Å². The van der Waals surface area contributed by atoms with Gasteiger partial charge in [0, 0.05) is 57.3 Å². The van der Waals surface area contributed by atoms with Crippen LogP contribution >= 0.6 is 0 Å². The summed E-state index contributed by atoms with van der Waals surface area (Å²) in [6.45, 7) is 8.10. The Balaban J connectivity index is 1.14. The molecule has 3 saturated carbocycles. The second-order valence-electron chi connectivity index (χ2n) is 13.9. The molecule has 3 aliphatic carbocycles. The summed E-state index contributed by atoms with van der Waals surface area (Å²) in [5, 5.41) is 6.14. The molecule has 8 rings (SSSR count). The van der Waals surface area contributed by atoms with E-state index >= 15 is 0 Å². The third-order valence-corrected chi connectivity index (χ3v) is 13.1. The van der Waals surface area contributed by atoms with Crippen molar-refractivity contribution in [1.82, 2.24) is 29.3 Å². The van der Waals surface area contributed by atoms with Crippen molar-refractivity contribution in [2.75, 3.05) is 44.2 Å². The SMILES string of the molecule is CC1(S(=O)(=O)NC(=O)c2cc(N3CCC(N4CCN(C5CC5)CC4)CC3)c3c(C4CCC4)nn(-c4ccccc4)c3n2)CC1. The molecule has 5 aliphatic rings. The average molecular weight is 618 g/mol.